The minimum atomic E-state index is -0.879. The first-order valence-corrected chi connectivity index (χ1v) is 8.41. The van der Waals surface area contributed by atoms with E-state index >= 15 is 0 Å². The zero-order valence-electron chi connectivity index (χ0n) is 15.9. The number of aliphatic hydroxyl groups excluding tert-OH is 2. The van der Waals surface area contributed by atoms with Gasteiger partial charge in [-0.2, -0.15) is 0 Å². The minimum Gasteiger partial charge on any atom is -0.478 e. The first-order chi connectivity index (χ1) is 12.6. The maximum absolute atomic E-state index is 10.2. The lowest BCUT2D eigenvalue weighted by molar-refractivity contribution is 0.0686. The van der Waals surface area contributed by atoms with Crippen LogP contribution in [0.4, 0.5) is 0 Å². The van der Waals surface area contributed by atoms with E-state index in [0.717, 1.165) is 0 Å². The summed E-state index contributed by atoms with van der Waals surface area (Å²) in [5, 5.41) is 34.2. The summed E-state index contributed by atoms with van der Waals surface area (Å²) in [6.07, 6.45) is 0. The highest BCUT2D eigenvalue weighted by Gasteiger charge is 2.22. The molecular formula is C21H28O6. The predicted octanol–water partition coefficient (Wildman–Crippen LogP) is 3.40. The summed E-state index contributed by atoms with van der Waals surface area (Å²) in [7, 11) is 0. The second-order valence-corrected chi connectivity index (χ2v) is 6.77. The van der Waals surface area contributed by atoms with Gasteiger partial charge in [-0.05, 0) is 29.7 Å². The van der Waals surface area contributed by atoms with Crippen LogP contribution in [0, 0.1) is 11.3 Å². The molecule has 0 aromatic heterocycles. The first-order valence-electron chi connectivity index (χ1n) is 8.41. The molecule has 6 heteroatoms. The standard InChI is InChI=1S/2C7H6O2.C7H16O2/c2*8-7(9)6-4-2-1-3-5-6;1-7(2,3)6(4-8)5-9/h2*1-5H,(H,8,9);6,8-9H,4-5H2,1-3H3. The highest BCUT2D eigenvalue weighted by atomic mass is 16.4. The van der Waals surface area contributed by atoms with Gasteiger partial charge in [-0.3, -0.25) is 0 Å². The molecule has 0 spiro atoms. The Bertz CT molecular complexity index is 609. The molecule has 0 aliphatic heterocycles. The molecule has 0 atom stereocenters. The zero-order chi connectivity index (χ0) is 20.9. The van der Waals surface area contributed by atoms with E-state index in [4.69, 9.17) is 20.4 Å². The second kappa shape index (κ2) is 12.6. The van der Waals surface area contributed by atoms with Crippen LogP contribution >= 0.6 is 0 Å². The summed E-state index contributed by atoms with van der Waals surface area (Å²) in [4.78, 5) is 20.4. The number of hydrogen-bond donors (Lipinski definition) is 4. The van der Waals surface area contributed by atoms with Crippen LogP contribution in [-0.4, -0.2) is 45.6 Å². The number of aromatic carboxylic acids is 2. The summed E-state index contributed by atoms with van der Waals surface area (Å²) in [5.41, 5.74) is 0.679. The average molecular weight is 376 g/mol. The van der Waals surface area contributed by atoms with E-state index in [0.29, 0.717) is 11.1 Å². The van der Waals surface area contributed by atoms with Crippen LogP contribution in [0.1, 0.15) is 41.5 Å². The molecule has 0 unspecified atom stereocenters. The molecule has 0 aliphatic rings. The van der Waals surface area contributed by atoms with Crippen molar-refractivity contribution in [3.63, 3.8) is 0 Å². The third-order valence-corrected chi connectivity index (χ3v) is 3.71. The summed E-state index contributed by atoms with van der Waals surface area (Å²) in [5.74, 6) is -1.75. The predicted molar refractivity (Wildman–Crippen MR) is 104 cm³/mol. The van der Waals surface area contributed by atoms with Crippen molar-refractivity contribution >= 4 is 11.9 Å². The smallest absolute Gasteiger partial charge is 0.335 e. The Balaban J connectivity index is 0.000000376. The molecule has 0 heterocycles. The lowest BCUT2D eigenvalue weighted by atomic mass is 9.82. The molecule has 6 nitrogen and oxygen atoms in total. The fourth-order valence-corrected chi connectivity index (χ4v) is 1.77. The summed E-state index contributed by atoms with van der Waals surface area (Å²) < 4.78 is 0. The molecule has 4 N–H and O–H groups in total. The van der Waals surface area contributed by atoms with Crippen molar-refractivity contribution in [1.82, 2.24) is 0 Å². The van der Waals surface area contributed by atoms with E-state index < -0.39 is 11.9 Å². The largest absolute Gasteiger partial charge is 0.478 e. The number of carbonyl (C=O) groups is 2. The Morgan fingerprint density at radius 1 is 0.741 bits per heavy atom. The normalized spacial score (nSPS) is 10.1. The molecule has 2 aromatic rings. The van der Waals surface area contributed by atoms with Gasteiger partial charge in [0.25, 0.3) is 0 Å². The molecule has 0 aliphatic carbocycles. The molecule has 0 fully saturated rings. The molecule has 0 amide bonds. The average Bonchev–Trinajstić information content (AvgIpc) is 2.64. The van der Waals surface area contributed by atoms with Crippen LogP contribution in [0.2, 0.25) is 0 Å². The van der Waals surface area contributed by atoms with Gasteiger partial charge < -0.3 is 20.4 Å². The van der Waals surface area contributed by atoms with E-state index in [1.165, 1.54) is 0 Å². The Morgan fingerprint density at radius 2 is 1.04 bits per heavy atom. The van der Waals surface area contributed by atoms with Gasteiger partial charge in [0.15, 0.2) is 0 Å². The van der Waals surface area contributed by atoms with Gasteiger partial charge in [-0.15, -0.1) is 0 Å². The molecule has 2 aromatic carbocycles. The number of aliphatic hydroxyl groups is 2. The van der Waals surface area contributed by atoms with Crippen LogP contribution < -0.4 is 0 Å². The molecule has 148 valence electrons. The lowest BCUT2D eigenvalue weighted by Crippen LogP contribution is -2.26. The highest BCUT2D eigenvalue weighted by molar-refractivity contribution is 5.87. The van der Waals surface area contributed by atoms with Crippen molar-refractivity contribution in [2.45, 2.75) is 20.8 Å². The molecule has 2 rings (SSSR count). The van der Waals surface area contributed by atoms with Crippen molar-refractivity contribution in [2.24, 2.45) is 11.3 Å². The van der Waals surface area contributed by atoms with Gasteiger partial charge in [-0.25, -0.2) is 9.59 Å². The van der Waals surface area contributed by atoms with Gasteiger partial charge in [-0.1, -0.05) is 57.2 Å². The molecular weight excluding hydrogens is 348 g/mol. The molecule has 0 radical (unpaired) electrons. The van der Waals surface area contributed by atoms with Gasteiger partial charge in [0.05, 0.1) is 11.1 Å². The maximum atomic E-state index is 10.2. The van der Waals surface area contributed by atoms with Crippen LogP contribution in [0.25, 0.3) is 0 Å². The quantitative estimate of drug-likeness (QED) is 0.650. The van der Waals surface area contributed by atoms with Gasteiger partial charge >= 0.3 is 11.9 Å². The second-order valence-electron chi connectivity index (χ2n) is 6.77. The van der Waals surface area contributed by atoms with Gasteiger partial charge in [0, 0.05) is 19.1 Å². The maximum Gasteiger partial charge on any atom is 0.335 e. The number of carboxylic acid groups (broad SMARTS) is 2. The third-order valence-electron chi connectivity index (χ3n) is 3.71. The number of carboxylic acids is 2. The van der Waals surface area contributed by atoms with Crippen LogP contribution in [0.15, 0.2) is 60.7 Å². The fraction of sp³-hybridized carbons (Fsp3) is 0.333. The van der Waals surface area contributed by atoms with E-state index in [-0.39, 0.29) is 24.5 Å². The van der Waals surface area contributed by atoms with Crippen molar-refractivity contribution in [3.05, 3.63) is 71.8 Å². The third kappa shape index (κ3) is 10.8. The summed E-state index contributed by atoms with van der Waals surface area (Å²) in [6, 6.07) is 16.6. The topological polar surface area (TPSA) is 115 Å². The van der Waals surface area contributed by atoms with E-state index in [9.17, 15) is 9.59 Å². The van der Waals surface area contributed by atoms with Crippen LogP contribution in [0.5, 0.6) is 0 Å². The molecule has 0 saturated heterocycles. The Hall–Kier alpha value is -2.70. The van der Waals surface area contributed by atoms with E-state index in [1.807, 2.05) is 20.8 Å². The Labute approximate surface area is 159 Å². The first kappa shape index (κ1) is 24.3. The van der Waals surface area contributed by atoms with Gasteiger partial charge in [0.2, 0.25) is 0 Å². The van der Waals surface area contributed by atoms with E-state index in [2.05, 4.69) is 0 Å². The molecule has 0 bridgehead atoms. The van der Waals surface area contributed by atoms with E-state index in [1.54, 1.807) is 60.7 Å². The Kier molecular flexibility index (Phi) is 11.4. The number of rotatable bonds is 4. The van der Waals surface area contributed by atoms with Crippen molar-refractivity contribution in [3.8, 4) is 0 Å². The summed E-state index contributed by atoms with van der Waals surface area (Å²) in [6.45, 7) is 6.15. The van der Waals surface area contributed by atoms with Crippen molar-refractivity contribution in [2.75, 3.05) is 13.2 Å². The van der Waals surface area contributed by atoms with Crippen molar-refractivity contribution < 1.29 is 30.0 Å². The van der Waals surface area contributed by atoms with Crippen molar-refractivity contribution in [1.29, 1.82) is 0 Å². The number of hydrogen-bond acceptors (Lipinski definition) is 4. The van der Waals surface area contributed by atoms with Crippen LogP contribution in [-0.2, 0) is 0 Å². The Morgan fingerprint density at radius 3 is 1.15 bits per heavy atom. The van der Waals surface area contributed by atoms with Crippen LogP contribution in [0.3, 0.4) is 0 Å². The fourth-order valence-electron chi connectivity index (χ4n) is 1.77. The summed E-state index contributed by atoms with van der Waals surface area (Å²) >= 11 is 0. The zero-order valence-corrected chi connectivity index (χ0v) is 15.9. The minimum absolute atomic E-state index is 0.0116. The number of benzene rings is 2. The highest BCUT2D eigenvalue weighted by Crippen LogP contribution is 2.24. The SMILES string of the molecule is CC(C)(C)C(CO)CO.O=C(O)c1ccccc1.O=C(O)c1ccccc1. The lowest BCUT2D eigenvalue weighted by Gasteiger charge is -2.26. The van der Waals surface area contributed by atoms with Gasteiger partial charge in [0.1, 0.15) is 0 Å². The molecule has 0 saturated carbocycles. The molecule has 27 heavy (non-hydrogen) atoms. The monoisotopic (exact) mass is 376 g/mol.